The molecular weight excluding hydrogens is 196 g/mol. The third-order valence-electron chi connectivity index (χ3n) is 2.10. The van der Waals surface area contributed by atoms with Gasteiger partial charge in [-0.25, -0.2) is 0 Å². The van der Waals surface area contributed by atoms with Gasteiger partial charge in [0.1, 0.15) is 0 Å². The Morgan fingerprint density at radius 1 is 1.29 bits per heavy atom. The average Bonchev–Trinajstić information content (AvgIpc) is 2.26. The standard InChI is InChI=1S/C11H16O2S/c1-9(11(13)7-12)8-14-10-5-3-2-4-6-10/h2-6,9,11-13H,7-8H2,1H3. The number of benzene rings is 1. The molecule has 0 saturated heterocycles. The molecule has 1 rings (SSSR count). The lowest BCUT2D eigenvalue weighted by atomic mass is 10.1. The molecule has 78 valence electrons. The van der Waals surface area contributed by atoms with Crippen molar-refractivity contribution in [3.8, 4) is 0 Å². The zero-order valence-corrected chi connectivity index (χ0v) is 9.07. The monoisotopic (exact) mass is 212 g/mol. The molecule has 0 aliphatic heterocycles. The summed E-state index contributed by atoms with van der Waals surface area (Å²) >= 11 is 1.70. The van der Waals surface area contributed by atoms with Crippen molar-refractivity contribution in [2.75, 3.05) is 12.4 Å². The van der Waals surface area contributed by atoms with E-state index >= 15 is 0 Å². The highest BCUT2D eigenvalue weighted by atomic mass is 32.2. The summed E-state index contributed by atoms with van der Waals surface area (Å²) in [6.07, 6.45) is -0.605. The molecule has 0 fully saturated rings. The molecule has 0 heterocycles. The first kappa shape index (κ1) is 11.6. The zero-order valence-electron chi connectivity index (χ0n) is 8.26. The minimum absolute atomic E-state index is 0.116. The second kappa shape index (κ2) is 6.06. The van der Waals surface area contributed by atoms with E-state index in [0.29, 0.717) is 0 Å². The Hall–Kier alpha value is -0.510. The summed E-state index contributed by atoms with van der Waals surface area (Å²) in [5.41, 5.74) is 0. The molecule has 3 heteroatoms. The van der Waals surface area contributed by atoms with Crippen LogP contribution < -0.4 is 0 Å². The Kier molecular flexibility index (Phi) is 5.01. The molecule has 0 radical (unpaired) electrons. The van der Waals surface area contributed by atoms with Gasteiger partial charge in [0.05, 0.1) is 12.7 Å². The molecule has 0 aliphatic carbocycles. The van der Waals surface area contributed by atoms with Crippen molar-refractivity contribution in [3.05, 3.63) is 30.3 Å². The van der Waals surface area contributed by atoms with Gasteiger partial charge in [-0.05, 0) is 18.1 Å². The molecule has 0 aliphatic rings. The molecule has 0 amide bonds. The van der Waals surface area contributed by atoms with Gasteiger partial charge >= 0.3 is 0 Å². The molecular formula is C11H16O2S. The molecule has 0 saturated carbocycles. The third-order valence-corrected chi connectivity index (χ3v) is 3.40. The lowest BCUT2D eigenvalue weighted by Crippen LogP contribution is -2.23. The van der Waals surface area contributed by atoms with Crippen LogP contribution in [0.5, 0.6) is 0 Å². The van der Waals surface area contributed by atoms with Crippen LogP contribution >= 0.6 is 11.8 Å². The minimum atomic E-state index is -0.605. The Bertz CT molecular complexity index is 251. The van der Waals surface area contributed by atoms with Crippen molar-refractivity contribution in [3.63, 3.8) is 0 Å². The fraction of sp³-hybridized carbons (Fsp3) is 0.455. The van der Waals surface area contributed by atoms with Crippen molar-refractivity contribution >= 4 is 11.8 Å². The van der Waals surface area contributed by atoms with Crippen LogP contribution in [0.2, 0.25) is 0 Å². The van der Waals surface area contributed by atoms with E-state index in [4.69, 9.17) is 5.11 Å². The van der Waals surface area contributed by atoms with Gasteiger partial charge in [0.2, 0.25) is 0 Å². The average molecular weight is 212 g/mol. The number of rotatable bonds is 5. The minimum Gasteiger partial charge on any atom is -0.394 e. The van der Waals surface area contributed by atoms with E-state index in [-0.39, 0.29) is 12.5 Å². The van der Waals surface area contributed by atoms with Crippen molar-refractivity contribution in [1.29, 1.82) is 0 Å². The number of thioether (sulfide) groups is 1. The number of hydrogen-bond donors (Lipinski definition) is 2. The van der Waals surface area contributed by atoms with Gasteiger partial charge in [-0.1, -0.05) is 25.1 Å². The van der Waals surface area contributed by atoms with Crippen LogP contribution in [0, 0.1) is 5.92 Å². The maximum absolute atomic E-state index is 9.34. The Morgan fingerprint density at radius 2 is 1.93 bits per heavy atom. The first-order valence-corrected chi connectivity index (χ1v) is 5.69. The molecule has 2 N–H and O–H groups in total. The lowest BCUT2D eigenvalue weighted by molar-refractivity contribution is 0.0612. The van der Waals surface area contributed by atoms with Gasteiger partial charge in [-0.3, -0.25) is 0 Å². The fourth-order valence-electron chi connectivity index (χ4n) is 1.04. The van der Waals surface area contributed by atoms with Crippen molar-refractivity contribution in [2.24, 2.45) is 5.92 Å². The number of aliphatic hydroxyl groups is 2. The highest BCUT2D eigenvalue weighted by molar-refractivity contribution is 7.99. The number of hydrogen-bond acceptors (Lipinski definition) is 3. The maximum Gasteiger partial charge on any atom is 0.0804 e. The first-order chi connectivity index (χ1) is 6.74. The Morgan fingerprint density at radius 3 is 2.50 bits per heavy atom. The van der Waals surface area contributed by atoms with Crippen LogP contribution in [0.3, 0.4) is 0 Å². The predicted molar refractivity (Wildman–Crippen MR) is 59.4 cm³/mol. The van der Waals surface area contributed by atoms with E-state index in [2.05, 4.69) is 0 Å². The van der Waals surface area contributed by atoms with Gasteiger partial charge in [0, 0.05) is 10.6 Å². The topological polar surface area (TPSA) is 40.5 Å². The van der Waals surface area contributed by atoms with Gasteiger partial charge in [-0.15, -0.1) is 11.8 Å². The van der Waals surface area contributed by atoms with Crippen LogP contribution in [-0.2, 0) is 0 Å². The maximum atomic E-state index is 9.34. The normalized spacial score (nSPS) is 15.1. The Labute approximate surface area is 89.0 Å². The van der Waals surface area contributed by atoms with E-state index < -0.39 is 6.10 Å². The number of aliphatic hydroxyl groups excluding tert-OH is 2. The molecule has 1 aromatic rings. The Balaban J connectivity index is 2.34. The van der Waals surface area contributed by atoms with Gasteiger partial charge in [-0.2, -0.15) is 0 Å². The second-order valence-electron chi connectivity index (χ2n) is 3.35. The van der Waals surface area contributed by atoms with Crippen molar-refractivity contribution in [2.45, 2.75) is 17.9 Å². The first-order valence-electron chi connectivity index (χ1n) is 4.71. The lowest BCUT2D eigenvalue weighted by Gasteiger charge is -2.15. The quantitative estimate of drug-likeness (QED) is 0.731. The van der Waals surface area contributed by atoms with Gasteiger partial charge < -0.3 is 10.2 Å². The van der Waals surface area contributed by atoms with Crippen molar-refractivity contribution in [1.82, 2.24) is 0 Å². The van der Waals surface area contributed by atoms with E-state index in [1.165, 1.54) is 4.90 Å². The highest BCUT2D eigenvalue weighted by Gasteiger charge is 2.12. The van der Waals surface area contributed by atoms with Crippen LogP contribution in [0.4, 0.5) is 0 Å². The van der Waals surface area contributed by atoms with Crippen LogP contribution in [0.1, 0.15) is 6.92 Å². The summed E-state index contributed by atoms with van der Waals surface area (Å²) in [5.74, 6) is 0.941. The largest absolute Gasteiger partial charge is 0.394 e. The fourth-order valence-corrected chi connectivity index (χ4v) is 2.06. The zero-order chi connectivity index (χ0) is 10.4. The SMILES string of the molecule is CC(CSc1ccccc1)C(O)CO. The van der Waals surface area contributed by atoms with Gasteiger partial charge in [0.25, 0.3) is 0 Å². The third kappa shape index (κ3) is 3.70. The predicted octanol–water partition coefficient (Wildman–Crippen LogP) is 1.77. The van der Waals surface area contributed by atoms with Crippen LogP contribution in [0.15, 0.2) is 35.2 Å². The molecule has 14 heavy (non-hydrogen) atoms. The summed E-state index contributed by atoms with van der Waals surface area (Å²) in [7, 11) is 0. The summed E-state index contributed by atoms with van der Waals surface area (Å²) in [4.78, 5) is 1.20. The molecule has 1 aromatic carbocycles. The summed E-state index contributed by atoms with van der Waals surface area (Å²) in [6, 6.07) is 10.1. The van der Waals surface area contributed by atoms with E-state index in [0.717, 1.165) is 5.75 Å². The van der Waals surface area contributed by atoms with E-state index in [1.54, 1.807) is 11.8 Å². The smallest absolute Gasteiger partial charge is 0.0804 e. The molecule has 2 unspecified atom stereocenters. The van der Waals surface area contributed by atoms with E-state index in [1.807, 2.05) is 37.3 Å². The second-order valence-corrected chi connectivity index (χ2v) is 4.44. The van der Waals surface area contributed by atoms with Crippen LogP contribution in [0.25, 0.3) is 0 Å². The molecule has 0 bridgehead atoms. The molecule has 2 nitrogen and oxygen atoms in total. The molecule has 2 atom stereocenters. The van der Waals surface area contributed by atoms with E-state index in [9.17, 15) is 5.11 Å². The molecule has 0 spiro atoms. The van der Waals surface area contributed by atoms with Crippen LogP contribution in [-0.4, -0.2) is 28.7 Å². The summed E-state index contributed by atoms with van der Waals surface area (Å²) in [6.45, 7) is 1.79. The highest BCUT2D eigenvalue weighted by Crippen LogP contribution is 2.21. The van der Waals surface area contributed by atoms with Crippen molar-refractivity contribution < 1.29 is 10.2 Å². The summed E-state index contributed by atoms with van der Waals surface area (Å²) in [5, 5.41) is 18.1. The molecule has 0 aromatic heterocycles. The summed E-state index contributed by atoms with van der Waals surface area (Å²) < 4.78 is 0. The van der Waals surface area contributed by atoms with Gasteiger partial charge in [0.15, 0.2) is 0 Å².